The minimum atomic E-state index is -1.72. The lowest BCUT2D eigenvalue weighted by Crippen LogP contribution is -2.32. The third kappa shape index (κ3) is 4.36. The Morgan fingerprint density at radius 3 is 2.71 bits per heavy atom. The Labute approximate surface area is 101 Å². The third-order valence-electron chi connectivity index (χ3n) is 2.55. The molecule has 0 aliphatic carbocycles. The summed E-state index contributed by atoms with van der Waals surface area (Å²) in [5.41, 5.74) is 0.0636. The van der Waals surface area contributed by atoms with E-state index in [4.69, 9.17) is 14.8 Å². The van der Waals surface area contributed by atoms with Crippen LogP contribution in [0.3, 0.4) is 0 Å². The molecule has 5 heteroatoms. The molecule has 1 aromatic carbocycles. The molecule has 1 atom stereocenters. The van der Waals surface area contributed by atoms with Crippen molar-refractivity contribution in [2.75, 3.05) is 6.61 Å². The zero-order valence-corrected chi connectivity index (χ0v) is 10.2. The van der Waals surface area contributed by atoms with Gasteiger partial charge < -0.3 is 14.8 Å². The van der Waals surface area contributed by atoms with Gasteiger partial charge in [0.2, 0.25) is 0 Å². The van der Waals surface area contributed by atoms with Crippen molar-refractivity contribution in [3.63, 3.8) is 0 Å². The molecule has 3 nitrogen and oxygen atoms in total. The molecule has 0 bridgehead atoms. The molecule has 94 valence electrons. The Morgan fingerprint density at radius 1 is 1.41 bits per heavy atom. The van der Waals surface area contributed by atoms with E-state index >= 15 is 0 Å². The van der Waals surface area contributed by atoms with Crippen LogP contribution in [0.25, 0.3) is 0 Å². The molecule has 0 fully saturated rings. The maximum absolute atomic E-state index is 12.9. The van der Waals surface area contributed by atoms with Crippen LogP contribution in [0.15, 0.2) is 18.2 Å². The molecule has 0 aliphatic rings. The second-order valence-electron chi connectivity index (χ2n) is 4.26. The van der Waals surface area contributed by atoms with Crippen molar-refractivity contribution < 1.29 is 19.2 Å². The predicted molar refractivity (Wildman–Crippen MR) is 65.8 cm³/mol. The van der Waals surface area contributed by atoms with Gasteiger partial charge >= 0.3 is 7.12 Å². The van der Waals surface area contributed by atoms with Gasteiger partial charge in [-0.25, -0.2) is 4.39 Å². The van der Waals surface area contributed by atoms with Crippen LogP contribution in [-0.2, 0) is 0 Å². The van der Waals surface area contributed by atoms with Crippen molar-refractivity contribution in [1.29, 1.82) is 0 Å². The molecule has 0 aliphatic heterocycles. The van der Waals surface area contributed by atoms with Gasteiger partial charge in [0.1, 0.15) is 11.6 Å². The maximum atomic E-state index is 12.9. The van der Waals surface area contributed by atoms with Crippen LogP contribution in [0, 0.1) is 11.7 Å². The SMILES string of the molecule is CCCC(C)COc1ccc(F)cc1B(O)O. The largest absolute Gasteiger partial charge is 0.494 e. The molecule has 0 heterocycles. The Balaban J connectivity index is 2.70. The van der Waals surface area contributed by atoms with Crippen LogP contribution in [0.4, 0.5) is 4.39 Å². The number of hydrogen-bond donors (Lipinski definition) is 2. The highest BCUT2D eigenvalue weighted by Crippen LogP contribution is 2.13. The second-order valence-corrected chi connectivity index (χ2v) is 4.26. The lowest BCUT2D eigenvalue weighted by molar-refractivity contribution is 0.252. The minimum absolute atomic E-state index is 0.0636. The highest BCUT2D eigenvalue weighted by molar-refractivity contribution is 6.59. The summed E-state index contributed by atoms with van der Waals surface area (Å²) in [6, 6.07) is 3.74. The molecular weight excluding hydrogens is 222 g/mol. The number of halogens is 1. The average molecular weight is 240 g/mol. The molecule has 0 saturated carbocycles. The van der Waals surface area contributed by atoms with E-state index in [2.05, 4.69) is 13.8 Å². The van der Waals surface area contributed by atoms with Gasteiger partial charge in [0, 0.05) is 5.46 Å². The molecular formula is C12H18BFO3. The predicted octanol–water partition coefficient (Wildman–Crippen LogP) is 1.32. The summed E-state index contributed by atoms with van der Waals surface area (Å²) in [6.07, 6.45) is 2.11. The van der Waals surface area contributed by atoms with Gasteiger partial charge in [0.25, 0.3) is 0 Å². The van der Waals surface area contributed by atoms with Gasteiger partial charge in [-0.15, -0.1) is 0 Å². The van der Waals surface area contributed by atoms with Gasteiger partial charge in [-0.05, 0) is 30.5 Å². The lowest BCUT2D eigenvalue weighted by atomic mass is 9.79. The average Bonchev–Trinajstić information content (AvgIpc) is 2.27. The summed E-state index contributed by atoms with van der Waals surface area (Å²) in [5.74, 6) is 0.195. The number of ether oxygens (including phenoxy) is 1. The minimum Gasteiger partial charge on any atom is -0.494 e. The Bertz CT molecular complexity index is 358. The molecule has 1 unspecified atom stereocenters. The van der Waals surface area contributed by atoms with Gasteiger partial charge in [-0.3, -0.25) is 0 Å². The van der Waals surface area contributed by atoms with E-state index in [9.17, 15) is 4.39 Å². The fourth-order valence-corrected chi connectivity index (χ4v) is 1.66. The fraction of sp³-hybridized carbons (Fsp3) is 0.500. The van der Waals surface area contributed by atoms with Gasteiger partial charge in [-0.1, -0.05) is 20.3 Å². The smallest absolute Gasteiger partial charge is 0.492 e. The van der Waals surface area contributed by atoms with Crippen molar-refractivity contribution in [3.05, 3.63) is 24.0 Å². The Kier molecular flexibility index (Phi) is 5.45. The highest BCUT2D eigenvalue weighted by atomic mass is 19.1. The van der Waals surface area contributed by atoms with Crippen LogP contribution in [0.5, 0.6) is 5.75 Å². The van der Waals surface area contributed by atoms with Crippen LogP contribution < -0.4 is 10.2 Å². The standard InChI is InChI=1S/C12H18BFO3/c1-3-4-9(2)8-17-12-6-5-10(14)7-11(12)13(15)16/h5-7,9,15-16H,3-4,8H2,1-2H3. The topological polar surface area (TPSA) is 49.7 Å². The van der Waals surface area contributed by atoms with E-state index < -0.39 is 12.9 Å². The molecule has 0 saturated heterocycles. The molecule has 0 radical (unpaired) electrons. The van der Waals surface area contributed by atoms with Gasteiger partial charge in [0.15, 0.2) is 0 Å². The van der Waals surface area contributed by atoms with Crippen molar-refractivity contribution in [1.82, 2.24) is 0 Å². The molecule has 1 aromatic rings. The van der Waals surface area contributed by atoms with Crippen molar-refractivity contribution in [3.8, 4) is 5.75 Å². The van der Waals surface area contributed by atoms with E-state index in [-0.39, 0.29) is 5.46 Å². The normalized spacial score (nSPS) is 12.3. The van der Waals surface area contributed by atoms with E-state index in [1.54, 1.807) is 0 Å². The van der Waals surface area contributed by atoms with Crippen LogP contribution in [-0.4, -0.2) is 23.8 Å². The summed E-state index contributed by atoms with van der Waals surface area (Å²) < 4.78 is 18.4. The first-order valence-electron chi connectivity index (χ1n) is 5.83. The zero-order valence-electron chi connectivity index (χ0n) is 10.2. The van der Waals surface area contributed by atoms with Crippen LogP contribution in [0.2, 0.25) is 0 Å². The van der Waals surface area contributed by atoms with Crippen molar-refractivity contribution in [2.24, 2.45) is 5.92 Å². The quantitative estimate of drug-likeness (QED) is 0.737. The first kappa shape index (κ1) is 14.0. The number of hydrogen-bond acceptors (Lipinski definition) is 3. The van der Waals surface area contributed by atoms with E-state index in [0.29, 0.717) is 18.3 Å². The van der Waals surface area contributed by atoms with E-state index in [0.717, 1.165) is 18.9 Å². The monoisotopic (exact) mass is 240 g/mol. The van der Waals surface area contributed by atoms with E-state index in [1.807, 2.05) is 0 Å². The summed E-state index contributed by atoms with van der Waals surface area (Å²) in [4.78, 5) is 0. The number of rotatable bonds is 6. The summed E-state index contributed by atoms with van der Waals surface area (Å²) >= 11 is 0. The summed E-state index contributed by atoms with van der Waals surface area (Å²) in [6.45, 7) is 4.64. The van der Waals surface area contributed by atoms with Gasteiger partial charge in [0.05, 0.1) is 6.61 Å². The van der Waals surface area contributed by atoms with Crippen molar-refractivity contribution in [2.45, 2.75) is 26.7 Å². The Morgan fingerprint density at radius 2 is 2.12 bits per heavy atom. The van der Waals surface area contributed by atoms with E-state index in [1.165, 1.54) is 12.1 Å². The van der Waals surface area contributed by atoms with Crippen LogP contribution in [0.1, 0.15) is 26.7 Å². The first-order chi connectivity index (χ1) is 8.04. The second kappa shape index (κ2) is 6.62. The molecule has 2 N–H and O–H groups in total. The summed E-state index contributed by atoms with van der Waals surface area (Å²) in [5, 5.41) is 18.2. The molecule has 0 spiro atoms. The third-order valence-corrected chi connectivity index (χ3v) is 2.55. The first-order valence-corrected chi connectivity index (χ1v) is 5.83. The summed E-state index contributed by atoms with van der Waals surface area (Å²) in [7, 11) is -1.72. The maximum Gasteiger partial charge on any atom is 0.492 e. The number of benzene rings is 1. The Hall–Kier alpha value is -1.07. The van der Waals surface area contributed by atoms with Crippen molar-refractivity contribution >= 4 is 12.6 Å². The molecule has 17 heavy (non-hydrogen) atoms. The van der Waals surface area contributed by atoms with Gasteiger partial charge in [-0.2, -0.15) is 0 Å². The fourth-order valence-electron chi connectivity index (χ4n) is 1.66. The zero-order chi connectivity index (χ0) is 12.8. The molecule has 1 rings (SSSR count). The lowest BCUT2D eigenvalue weighted by Gasteiger charge is -2.14. The molecule has 0 amide bonds. The van der Waals surface area contributed by atoms with Crippen LogP contribution >= 0.6 is 0 Å². The molecule has 0 aromatic heterocycles. The highest BCUT2D eigenvalue weighted by Gasteiger charge is 2.18.